The van der Waals surface area contributed by atoms with Crippen LogP contribution in [0.2, 0.25) is 9.36 Å². The van der Waals surface area contributed by atoms with E-state index >= 15 is 0 Å². The third-order valence-electron chi connectivity index (χ3n) is 0.905. The smallest absolute Gasteiger partial charge is 0.266 e. The van der Waals surface area contributed by atoms with E-state index in [-0.39, 0.29) is 10.6 Å². The molecule has 1 aromatic rings. The molecule has 0 N–H and O–H groups in total. The van der Waals surface area contributed by atoms with Gasteiger partial charge in [-0.3, -0.25) is 4.79 Å². The molecular formula is C5H3Cl2NOS. The number of hydrogen-bond acceptors (Lipinski definition) is 2. The molecule has 1 aromatic heterocycles. The second kappa shape index (κ2) is 2.78. The second-order valence-corrected chi connectivity index (χ2v) is 3.46. The highest BCUT2D eigenvalue weighted by atomic mass is 35.5. The molecule has 0 amide bonds. The minimum atomic E-state index is -0.313. The van der Waals surface area contributed by atoms with E-state index in [9.17, 15) is 4.79 Å². The van der Waals surface area contributed by atoms with Gasteiger partial charge >= 0.3 is 0 Å². The van der Waals surface area contributed by atoms with Crippen LogP contribution in [0.4, 0.5) is 0 Å². The van der Waals surface area contributed by atoms with Gasteiger partial charge in [-0.2, -0.15) is 0 Å². The molecule has 0 aliphatic carbocycles. The largest absolute Gasteiger partial charge is 0.285 e. The highest BCUT2D eigenvalue weighted by molar-refractivity contribution is 7.12. The molecule has 0 unspecified atom stereocenters. The first-order valence-electron chi connectivity index (χ1n) is 2.36. The molecular weight excluding hydrogens is 193 g/mol. The van der Waals surface area contributed by atoms with E-state index in [0.717, 1.165) is 11.5 Å². The molecule has 0 atom stereocenters. The first-order chi connectivity index (χ1) is 4.66. The quantitative estimate of drug-likeness (QED) is 0.675. The van der Waals surface area contributed by atoms with Crippen LogP contribution in [-0.2, 0) is 0 Å². The number of hydrogen-bond donors (Lipinski definition) is 0. The molecule has 0 saturated carbocycles. The van der Waals surface area contributed by atoms with E-state index in [2.05, 4.69) is 6.58 Å². The normalized spacial score (nSPS) is 9.80. The highest BCUT2D eigenvalue weighted by Gasteiger charge is 2.07. The van der Waals surface area contributed by atoms with Crippen LogP contribution in [0, 0.1) is 0 Å². The van der Waals surface area contributed by atoms with Crippen LogP contribution in [0.3, 0.4) is 0 Å². The SMILES string of the molecule is C=Cn1sc(Cl)c(Cl)c1=O. The Morgan fingerprint density at radius 2 is 2.20 bits per heavy atom. The lowest BCUT2D eigenvalue weighted by molar-refractivity contribution is 1.23. The fourth-order valence-electron chi connectivity index (χ4n) is 0.469. The Hall–Kier alpha value is -0.250. The van der Waals surface area contributed by atoms with Gasteiger partial charge < -0.3 is 0 Å². The van der Waals surface area contributed by atoms with E-state index in [1.807, 2.05) is 0 Å². The van der Waals surface area contributed by atoms with Crippen molar-refractivity contribution in [2.45, 2.75) is 0 Å². The van der Waals surface area contributed by atoms with Gasteiger partial charge in [-0.1, -0.05) is 29.8 Å². The second-order valence-electron chi connectivity index (χ2n) is 1.49. The summed E-state index contributed by atoms with van der Waals surface area (Å²) in [4.78, 5) is 10.9. The third-order valence-corrected chi connectivity index (χ3v) is 2.74. The van der Waals surface area contributed by atoms with E-state index in [4.69, 9.17) is 23.2 Å². The topological polar surface area (TPSA) is 22.0 Å². The van der Waals surface area contributed by atoms with Crippen LogP contribution in [0.25, 0.3) is 6.20 Å². The third kappa shape index (κ3) is 1.12. The lowest BCUT2D eigenvalue weighted by atomic mass is 10.7. The Kier molecular flexibility index (Phi) is 2.18. The van der Waals surface area contributed by atoms with Crippen LogP contribution in [0.5, 0.6) is 0 Å². The summed E-state index contributed by atoms with van der Waals surface area (Å²) in [6, 6.07) is 0. The fraction of sp³-hybridized carbons (Fsp3) is 0. The molecule has 2 nitrogen and oxygen atoms in total. The first-order valence-corrected chi connectivity index (χ1v) is 3.89. The maximum absolute atomic E-state index is 10.9. The van der Waals surface area contributed by atoms with Crippen molar-refractivity contribution in [1.29, 1.82) is 0 Å². The lowest BCUT2D eigenvalue weighted by Gasteiger charge is -1.80. The van der Waals surface area contributed by atoms with Gasteiger partial charge in [0.1, 0.15) is 9.36 Å². The van der Waals surface area contributed by atoms with Crippen molar-refractivity contribution >= 4 is 40.9 Å². The lowest BCUT2D eigenvalue weighted by Crippen LogP contribution is -2.06. The van der Waals surface area contributed by atoms with E-state index in [1.54, 1.807) is 0 Å². The van der Waals surface area contributed by atoms with Gasteiger partial charge in [0, 0.05) is 6.20 Å². The summed E-state index contributed by atoms with van der Waals surface area (Å²) in [5.74, 6) is 0. The number of aromatic nitrogens is 1. The van der Waals surface area contributed by atoms with E-state index < -0.39 is 0 Å². The molecule has 0 saturated heterocycles. The van der Waals surface area contributed by atoms with Crippen molar-refractivity contribution in [3.63, 3.8) is 0 Å². The van der Waals surface area contributed by atoms with E-state index in [0.29, 0.717) is 4.34 Å². The fourth-order valence-corrected chi connectivity index (χ4v) is 1.61. The molecule has 0 bridgehead atoms. The summed E-state index contributed by atoms with van der Waals surface area (Å²) in [7, 11) is 0. The standard InChI is InChI=1S/C5H3Cl2NOS/c1-2-8-5(9)3(6)4(7)10-8/h2H,1H2. The summed E-state index contributed by atoms with van der Waals surface area (Å²) < 4.78 is 1.57. The molecule has 0 radical (unpaired) electrons. The maximum atomic E-state index is 10.9. The molecule has 10 heavy (non-hydrogen) atoms. The van der Waals surface area contributed by atoms with Gasteiger partial charge in [0.2, 0.25) is 0 Å². The summed E-state index contributed by atoms with van der Waals surface area (Å²) in [6.07, 6.45) is 1.37. The van der Waals surface area contributed by atoms with Crippen LogP contribution in [0.15, 0.2) is 11.4 Å². The Labute approximate surface area is 71.5 Å². The Bertz CT molecular complexity index is 314. The van der Waals surface area contributed by atoms with Crippen LogP contribution < -0.4 is 5.56 Å². The number of rotatable bonds is 1. The zero-order valence-corrected chi connectivity index (χ0v) is 7.13. The zero-order chi connectivity index (χ0) is 7.72. The van der Waals surface area contributed by atoms with Crippen molar-refractivity contribution in [1.82, 2.24) is 3.96 Å². The highest BCUT2D eigenvalue weighted by Crippen LogP contribution is 2.22. The average molecular weight is 196 g/mol. The van der Waals surface area contributed by atoms with Crippen molar-refractivity contribution < 1.29 is 0 Å². The van der Waals surface area contributed by atoms with Crippen molar-refractivity contribution in [3.8, 4) is 0 Å². The monoisotopic (exact) mass is 195 g/mol. The average Bonchev–Trinajstić information content (AvgIpc) is 2.17. The maximum Gasteiger partial charge on any atom is 0.285 e. The summed E-state index contributed by atoms with van der Waals surface area (Å²) >= 11 is 12.1. The minimum absolute atomic E-state index is 0.0616. The van der Waals surface area contributed by atoms with E-state index in [1.165, 1.54) is 10.2 Å². The molecule has 1 rings (SSSR count). The summed E-state index contributed by atoms with van der Waals surface area (Å²) in [6.45, 7) is 3.40. The molecule has 0 aromatic carbocycles. The number of nitrogens with zero attached hydrogens (tertiary/aromatic N) is 1. The molecule has 54 valence electrons. The van der Waals surface area contributed by atoms with Crippen LogP contribution >= 0.6 is 34.7 Å². The van der Waals surface area contributed by atoms with Crippen molar-refractivity contribution in [3.05, 3.63) is 26.3 Å². The zero-order valence-electron chi connectivity index (χ0n) is 4.80. The molecule has 0 fully saturated rings. The van der Waals surface area contributed by atoms with Gasteiger partial charge in [0.05, 0.1) is 0 Å². The van der Waals surface area contributed by atoms with Crippen LogP contribution in [-0.4, -0.2) is 3.96 Å². The Morgan fingerprint density at radius 1 is 1.60 bits per heavy atom. The Balaban J connectivity index is 3.45. The predicted molar refractivity (Wildman–Crippen MR) is 45.0 cm³/mol. The van der Waals surface area contributed by atoms with Crippen molar-refractivity contribution in [2.24, 2.45) is 0 Å². The van der Waals surface area contributed by atoms with Gasteiger partial charge in [0.15, 0.2) is 0 Å². The molecule has 0 aliphatic rings. The summed E-state index contributed by atoms with van der Waals surface area (Å²) in [5.41, 5.74) is -0.313. The van der Waals surface area contributed by atoms with Gasteiger partial charge in [0.25, 0.3) is 5.56 Å². The number of halogens is 2. The van der Waals surface area contributed by atoms with Gasteiger partial charge in [-0.05, 0) is 11.5 Å². The predicted octanol–water partition coefficient (Wildman–Crippen LogP) is 2.32. The molecule has 0 aliphatic heterocycles. The van der Waals surface area contributed by atoms with Gasteiger partial charge in [-0.15, -0.1) is 0 Å². The van der Waals surface area contributed by atoms with Crippen LogP contribution in [0.1, 0.15) is 0 Å². The first kappa shape index (κ1) is 7.85. The Morgan fingerprint density at radius 3 is 2.40 bits per heavy atom. The molecule has 1 heterocycles. The minimum Gasteiger partial charge on any atom is -0.266 e. The molecule has 5 heteroatoms. The van der Waals surface area contributed by atoms with Crippen molar-refractivity contribution in [2.75, 3.05) is 0 Å². The molecule has 0 spiro atoms. The summed E-state index contributed by atoms with van der Waals surface area (Å²) in [5, 5.41) is 0.0616. The van der Waals surface area contributed by atoms with Gasteiger partial charge in [-0.25, -0.2) is 3.96 Å².